The summed E-state index contributed by atoms with van der Waals surface area (Å²) in [6.07, 6.45) is -0.293. The van der Waals surface area contributed by atoms with E-state index in [0.29, 0.717) is 10.7 Å². The van der Waals surface area contributed by atoms with Crippen LogP contribution < -0.4 is 10.5 Å². The van der Waals surface area contributed by atoms with Crippen LogP contribution in [0.2, 0.25) is 0 Å². The highest BCUT2D eigenvalue weighted by atomic mass is 32.1. The number of thiocarbonyl (C=S) groups is 1. The Labute approximate surface area is 88.5 Å². The molecular weight excluding hydrogens is 198 g/mol. The molecule has 1 aromatic carbocycles. The Balaban J connectivity index is 2.71. The Morgan fingerprint density at radius 3 is 2.93 bits per heavy atom. The molecule has 1 atom stereocenters. The summed E-state index contributed by atoms with van der Waals surface area (Å²) in [5, 5.41) is 8.90. The Morgan fingerprint density at radius 1 is 1.64 bits per heavy atom. The van der Waals surface area contributed by atoms with Crippen molar-refractivity contribution in [2.24, 2.45) is 5.73 Å². The molecule has 3 N–H and O–H groups in total. The molecule has 0 saturated heterocycles. The lowest BCUT2D eigenvalue weighted by Gasteiger charge is -2.13. The number of aliphatic hydroxyl groups excluding tert-OH is 1. The van der Waals surface area contributed by atoms with Crippen molar-refractivity contribution in [1.82, 2.24) is 0 Å². The van der Waals surface area contributed by atoms with E-state index in [9.17, 15) is 0 Å². The van der Waals surface area contributed by atoms with Gasteiger partial charge in [0.1, 0.15) is 16.8 Å². The van der Waals surface area contributed by atoms with Crippen molar-refractivity contribution in [3.8, 4) is 5.75 Å². The first-order valence-corrected chi connectivity index (χ1v) is 4.70. The maximum absolute atomic E-state index is 8.90. The molecule has 0 saturated carbocycles. The Bertz CT molecular complexity index is 328. The van der Waals surface area contributed by atoms with E-state index >= 15 is 0 Å². The van der Waals surface area contributed by atoms with E-state index < -0.39 is 0 Å². The standard InChI is InChI=1S/C10H13NO2S/c1-7(10(11)14)13-9-4-2-3-8(5-9)6-12/h2-5,7,12H,6H2,1H3,(H2,11,14). The number of aliphatic hydroxyl groups is 1. The molecule has 0 fully saturated rings. The highest BCUT2D eigenvalue weighted by Crippen LogP contribution is 2.14. The van der Waals surface area contributed by atoms with Gasteiger partial charge in [-0.2, -0.15) is 0 Å². The van der Waals surface area contributed by atoms with E-state index in [1.54, 1.807) is 19.1 Å². The highest BCUT2D eigenvalue weighted by molar-refractivity contribution is 7.80. The smallest absolute Gasteiger partial charge is 0.145 e. The molecule has 0 aliphatic heterocycles. The van der Waals surface area contributed by atoms with E-state index in [-0.39, 0.29) is 12.7 Å². The Morgan fingerprint density at radius 2 is 2.36 bits per heavy atom. The van der Waals surface area contributed by atoms with Crippen LogP contribution in [0.3, 0.4) is 0 Å². The van der Waals surface area contributed by atoms with Crippen molar-refractivity contribution in [1.29, 1.82) is 0 Å². The van der Waals surface area contributed by atoms with Gasteiger partial charge in [0.15, 0.2) is 0 Å². The third kappa shape index (κ3) is 2.97. The molecule has 0 aromatic heterocycles. The summed E-state index contributed by atoms with van der Waals surface area (Å²) in [7, 11) is 0. The Kier molecular flexibility index (Phi) is 3.85. The minimum atomic E-state index is -0.293. The molecule has 1 aromatic rings. The van der Waals surface area contributed by atoms with Crippen molar-refractivity contribution < 1.29 is 9.84 Å². The minimum absolute atomic E-state index is 0.00134. The van der Waals surface area contributed by atoms with Gasteiger partial charge in [-0.15, -0.1) is 0 Å². The molecule has 0 radical (unpaired) electrons. The Hall–Kier alpha value is -1.13. The van der Waals surface area contributed by atoms with E-state index in [0.717, 1.165) is 5.56 Å². The first-order chi connectivity index (χ1) is 6.63. The van der Waals surface area contributed by atoms with Gasteiger partial charge in [-0.05, 0) is 24.6 Å². The van der Waals surface area contributed by atoms with Crippen LogP contribution in [0.25, 0.3) is 0 Å². The first-order valence-electron chi connectivity index (χ1n) is 4.29. The molecule has 0 bridgehead atoms. The largest absolute Gasteiger partial charge is 0.484 e. The average molecular weight is 211 g/mol. The summed E-state index contributed by atoms with van der Waals surface area (Å²) in [6, 6.07) is 7.19. The number of rotatable bonds is 4. The second-order valence-corrected chi connectivity index (χ2v) is 3.44. The minimum Gasteiger partial charge on any atom is -0.484 e. The van der Waals surface area contributed by atoms with Gasteiger partial charge in [-0.3, -0.25) is 0 Å². The second-order valence-electron chi connectivity index (χ2n) is 2.97. The summed E-state index contributed by atoms with van der Waals surface area (Å²) in [5.41, 5.74) is 6.21. The normalized spacial score (nSPS) is 12.1. The summed E-state index contributed by atoms with van der Waals surface area (Å²) < 4.78 is 5.44. The molecule has 3 nitrogen and oxygen atoms in total. The van der Waals surface area contributed by atoms with Crippen molar-refractivity contribution in [2.45, 2.75) is 19.6 Å². The van der Waals surface area contributed by atoms with Crippen molar-refractivity contribution >= 4 is 17.2 Å². The zero-order chi connectivity index (χ0) is 10.6. The fraction of sp³-hybridized carbons (Fsp3) is 0.300. The SMILES string of the molecule is CC(Oc1cccc(CO)c1)C(N)=S. The van der Waals surface area contributed by atoms with Crippen LogP contribution in [-0.2, 0) is 6.61 Å². The van der Waals surface area contributed by atoms with Crippen LogP contribution >= 0.6 is 12.2 Å². The quantitative estimate of drug-likeness (QED) is 0.736. The van der Waals surface area contributed by atoms with Gasteiger partial charge in [-0.1, -0.05) is 24.4 Å². The molecular formula is C10H13NO2S. The molecule has 0 aliphatic rings. The van der Waals surface area contributed by atoms with E-state index in [1.807, 2.05) is 12.1 Å². The van der Waals surface area contributed by atoms with Gasteiger partial charge in [0, 0.05) is 0 Å². The molecule has 76 valence electrons. The van der Waals surface area contributed by atoms with Crippen LogP contribution in [0.1, 0.15) is 12.5 Å². The van der Waals surface area contributed by atoms with Crippen LogP contribution in [0.5, 0.6) is 5.75 Å². The lowest BCUT2D eigenvalue weighted by molar-refractivity contribution is 0.274. The van der Waals surface area contributed by atoms with E-state index in [1.165, 1.54) is 0 Å². The molecule has 1 rings (SSSR count). The molecule has 0 spiro atoms. The number of benzene rings is 1. The molecule has 4 heteroatoms. The van der Waals surface area contributed by atoms with Gasteiger partial charge < -0.3 is 15.6 Å². The lowest BCUT2D eigenvalue weighted by atomic mass is 10.2. The van der Waals surface area contributed by atoms with Crippen molar-refractivity contribution in [3.05, 3.63) is 29.8 Å². The topological polar surface area (TPSA) is 55.5 Å². The predicted molar refractivity (Wildman–Crippen MR) is 59.2 cm³/mol. The van der Waals surface area contributed by atoms with Crippen LogP contribution in [0.4, 0.5) is 0 Å². The maximum Gasteiger partial charge on any atom is 0.145 e. The molecule has 0 amide bonds. The summed E-state index contributed by atoms with van der Waals surface area (Å²) in [6.45, 7) is 1.78. The summed E-state index contributed by atoms with van der Waals surface area (Å²) in [5.74, 6) is 0.664. The van der Waals surface area contributed by atoms with Gasteiger partial charge in [0.2, 0.25) is 0 Å². The zero-order valence-corrected chi connectivity index (χ0v) is 8.75. The van der Waals surface area contributed by atoms with Gasteiger partial charge in [0.05, 0.1) is 6.61 Å². The second kappa shape index (κ2) is 4.93. The highest BCUT2D eigenvalue weighted by Gasteiger charge is 2.06. The number of hydrogen-bond donors (Lipinski definition) is 2. The zero-order valence-electron chi connectivity index (χ0n) is 7.93. The fourth-order valence-corrected chi connectivity index (χ4v) is 1.03. The maximum atomic E-state index is 8.90. The van der Waals surface area contributed by atoms with E-state index in [4.69, 9.17) is 27.8 Å². The molecule has 1 unspecified atom stereocenters. The number of ether oxygens (including phenoxy) is 1. The number of hydrogen-bond acceptors (Lipinski definition) is 3. The summed E-state index contributed by atoms with van der Waals surface area (Å²) >= 11 is 4.78. The van der Waals surface area contributed by atoms with Gasteiger partial charge in [0.25, 0.3) is 0 Å². The monoisotopic (exact) mass is 211 g/mol. The van der Waals surface area contributed by atoms with Crippen LogP contribution in [-0.4, -0.2) is 16.2 Å². The molecule has 0 aliphatic carbocycles. The fourth-order valence-electron chi connectivity index (χ4n) is 0.979. The third-order valence-corrected chi connectivity index (χ3v) is 2.13. The predicted octanol–water partition coefficient (Wildman–Crippen LogP) is 1.23. The number of nitrogens with two attached hydrogens (primary N) is 1. The van der Waals surface area contributed by atoms with Crippen LogP contribution in [0, 0.1) is 0 Å². The van der Waals surface area contributed by atoms with Crippen molar-refractivity contribution in [3.63, 3.8) is 0 Å². The van der Waals surface area contributed by atoms with Gasteiger partial charge in [-0.25, -0.2) is 0 Å². The first kappa shape index (κ1) is 10.9. The van der Waals surface area contributed by atoms with Gasteiger partial charge >= 0.3 is 0 Å². The molecule has 0 heterocycles. The summed E-state index contributed by atoms with van der Waals surface area (Å²) in [4.78, 5) is 0.319. The third-order valence-electron chi connectivity index (χ3n) is 1.79. The molecule has 14 heavy (non-hydrogen) atoms. The lowest BCUT2D eigenvalue weighted by Crippen LogP contribution is -2.28. The average Bonchev–Trinajstić information content (AvgIpc) is 2.18. The van der Waals surface area contributed by atoms with E-state index in [2.05, 4.69) is 0 Å². The van der Waals surface area contributed by atoms with Crippen LogP contribution in [0.15, 0.2) is 24.3 Å². The van der Waals surface area contributed by atoms with Crippen molar-refractivity contribution in [2.75, 3.05) is 0 Å².